The summed E-state index contributed by atoms with van der Waals surface area (Å²) in [6.45, 7) is 2.98. The molecule has 15 heavy (non-hydrogen) atoms. The van der Waals surface area contributed by atoms with Crippen LogP contribution in [0.4, 0.5) is 0 Å². The van der Waals surface area contributed by atoms with E-state index < -0.39 is 12.0 Å². The Hall–Kier alpha value is -1.34. The van der Waals surface area contributed by atoms with E-state index in [0.29, 0.717) is 19.4 Å². The normalized spacial score (nSPS) is 14.5. The molecule has 0 aromatic rings. The van der Waals surface area contributed by atoms with Gasteiger partial charge in [-0.2, -0.15) is 0 Å². The minimum absolute atomic E-state index is 0.112. The number of hydrogen-bond donors (Lipinski definition) is 6. The quantitative estimate of drug-likeness (QED) is 0.139. The van der Waals surface area contributed by atoms with Crippen molar-refractivity contribution in [3.63, 3.8) is 0 Å². The van der Waals surface area contributed by atoms with Crippen LogP contribution in [0.3, 0.4) is 0 Å². The maximum atomic E-state index is 10.2. The minimum atomic E-state index is -1.00. The second kappa shape index (κ2) is 8.01. The average molecular weight is 217 g/mol. The zero-order valence-corrected chi connectivity index (χ0v) is 8.62. The van der Waals surface area contributed by atoms with Gasteiger partial charge >= 0.3 is 5.97 Å². The molecular weight excluding hydrogens is 198 g/mol. The van der Waals surface area contributed by atoms with E-state index in [0.717, 1.165) is 0 Å². The van der Waals surface area contributed by atoms with Gasteiger partial charge in [0.1, 0.15) is 6.04 Å². The van der Waals surface area contributed by atoms with Crippen LogP contribution in [0.2, 0.25) is 0 Å². The van der Waals surface area contributed by atoms with E-state index >= 15 is 0 Å². The number of guanidine groups is 1. The van der Waals surface area contributed by atoms with Crippen LogP contribution in [0.15, 0.2) is 0 Å². The summed E-state index contributed by atoms with van der Waals surface area (Å²) in [4.78, 5) is 10.2. The number of hydrogen-bond acceptors (Lipinski definition) is 4. The Bertz CT molecular complexity index is 204. The van der Waals surface area contributed by atoms with Crippen LogP contribution in [0, 0.1) is 5.41 Å². The number of nitrogens with one attached hydrogen (secondary N) is 3. The van der Waals surface area contributed by atoms with Gasteiger partial charge in [-0.1, -0.05) is 0 Å². The first-order valence-corrected chi connectivity index (χ1v) is 4.81. The fourth-order valence-corrected chi connectivity index (χ4v) is 0.669. The fourth-order valence-electron chi connectivity index (χ4n) is 0.669. The third-order valence-electron chi connectivity index (χ3n) is 1.57. The Labute approximate surface area is 88.7 Å². The maximum absolute atomic E-state index is 10.2. The van der Waals surface area contributed by atoms with Gasteiger partial charge < -0.3 is 27.2 Å². The first-order valence-electron chi connectivity index (χ1n) is 4.81. The molecule has 0 unspecified atom stereocenters. The molecule has 7 heteroatoms. The summed E-state index contributed by atoms with van der Waals surface area (Å²) in [6, 6.07) is -0.821. The molecule has 0 aromatic heterocycles. The number of aliphatic carboxylic acids is 1. The van der Waals surface area contributed by atoms with Crippen LogP contribution in [-0.2, 0) is 4.79 Å². The second-order valence-corrected chi connectivity index (χ2v) is 3.18. The first kappa shape index (κ1) is 13.7. The van der Waals surface area contributed by atoms with Crippen LogP contribution in [-0.4, -0.2) is 42.7 Å². The lowest BCUT2D eigenvalue weighted by molar-refractivity contribution is -0.138. The van der Waals surface area contributed by atoms with Gasteiger partial charge in [-0.15, -0.1) is 0 Å². The number of carboxylic acids is 1. The Balaban J connectivity index is 0.000000548. The standard InChI is InChI=1S/C6H14N4O2.C2H5N/c7-4(5(11)12)2-1-3-10-6(8)9;1-2-3-1/h4H,1-3,7H2,(H,11,12)(H4,8,9,10);3H,1-2H2/t4-;/m0./s1. The molecule has 8 N–H and O–H groups in total. The number of carboxylic acid groups (broad SMARTS) is 1. The SMILES string of the molecule is C1CN1.N=C(N)NCCC[C@H](N)C(=O)O. The highest BCUT2D eigenvalue weighted by Gasteiger charge is 2.09. The van der Waals surface area contributed by atoms with E-state index in [9.17, 15) is 4.79 Å². The molecule has 0 radical (unpaired) electrons. The predicted molar refractivity (Wildman–Crippen MR) is 57.6 cm³/mol. The molecule has 0 aromatic carbocycles. The molecule has 0 spiro atoms. The highest BCUT2D eigenvalue weighted by atomic mass is 16.4. The summed E-state index contributed by atoms with van der Waals surface area (Å²) in [5, 5.41) is 20.7. The van der Waals surface area contributed by atoms with Gasteiger partial charge in [0.25, 0.3) is 0 Å². The van der Waals surface area contributed by atoms with Crippen LogP contribution >= 0.6 is 0 Å². The van der Waals surface area contributed by atoms with Crippen LogP contribution in [0.25, 0.3) is 0 Å². The van der Waals surface area contributed by atoms with Crippen LogP contribution in [0.5, 0.6) is 0 Å². The zero-order valence-electron chi connectivity index (χ0n) is 8.62. The fraction of sp³-hybridized carbons (Fsp3) is 0.750. The lowest BCUT2D eigenvalue weighted by Crippen LogP contribution is -2.34. The molecule has 0 amide bonds. The van der Waals surface area contributed by atoms with E-state index in [1.54, 1.807) is 0 Å². The highest BCUT2D eigenvalue weighted by Crippen LogP contribution is 1.92. The minimum Gasteiger partial charge on any atom is -0.480 e. The molecule has 1 saturated heterocycles. The predicted octanol–water partition coefficient (Wildman–Crippen LogP) is -1.75. The first-order chi connectivity index (χ1) is 7.04. The van der Waals surface area contributed by atoms with Crippen molar-refractivity contribution in [3.8, 4) is 0 Å². The molecule has 7 nitrogen and oxygen atoms in total. The molecule has 0 aliphatic carbocycles. The molecule has 1 aliphatic rings. The van der Waals surface area contributed by atoms with Crippen molar-refractivity contribution in [1.82, 2.24) is 10.6 Å². The van der Waals surface area contributed by atoms with Crippen molar-refractivity contribution in [2.24, 2.45) is 11.5 Å². The molecule has 1 aliphatic heterocycles. The Morgan fingerprint density at radius 1 is 1.60 bits per heavy atom. The van der Waals surface area contributed by atoms with Crippen molar-refractivity contribution < 1.29 is 9.90 Å². The highest BCUT2D eigenvalue weighted by molar-refractivity contribution is 5.74. The summed E-state index contributed by atoms with van der Waals surface area (Å²) in [7, 11) is 0. The van der Waals surface area contributed by atoms with Crippen molar-refractivity contribution >= 4 is 11.9 Å². The average Bonchev–Trinajstić information content (AvgIpc) is 2.97. The monoisotopic (exact) mass is 217 g/mol. The summed E-state index contributed by atoms with van der Waals surface area (Å²) >= 11 is 0. The molecular formula is C8H19N5O2. The van der Waals surface area contributed by atoms with Gasteiger partial charge in [-0.25, -0.2) is 0 Å². The van der Waals surface area contributed by atoms with Crippen molar-refractivity contribution in [3.05, 3.63) is 0 Å². The smallest absolute Gasteiger partial charge is 0.320 e. The van der Waals surface area contributed by atoms with Crippen LogP contribution in [0.1, 0.15) is 12.8 Å². The van der Waals surface area contributed by atoms with Gasteiger partial charge in [0, 0.05) is 19.6 Å². The Kier molecular flexibility index (Phi) is 7.29. The number of nitrogens with two attached hydrogens (primary N) is 2. The lowest BCUT2D eigenvalue weighted by atomic mass is 10.2. The van der Waals surface area contributed by atoms with Gasteiger partial charge in [0.2, 0.25) is 0 Å². The van der Waals surface area contributed by atoms with E-state index in [1.165, 1.54) is 13.1 Å². The molecule has 1 rings (SSSR count). The van der Waals surface area contributed by atoms with Gasteiger partial charge in [-0.05, 0) is 12.8 Å². The maximum Gasteiger partial charge on any atom is 0.320 e. The van der Waals surface area contributed by atoms with E-state index in [-0.39, 0.29) is 5.96 Å². The van der Waals surface area contributed by atoms with Crippen molar-refractivity contribution in [2.75, 3.05) is 19.6 Å². The van der Waals surface area contributed by atoms with E-state index in [4.69, 9.17) is 22.0 Å². The van der Waals surface area contributed by atoms with Gasteiger partial charge in [0.15, 0.2) is 5.96 Å². The summed E-state index contributed by atoms with van der Waals surface area (Å²) in [5.41, 5.74) is 10.2. The third kappa shape index (κ3) is 12.7. The van der Waals surface area contributed by atoms with E-state index in [2.05, 4.69) is 10.6 Å². The summed E-state index contributed by atoms with van der Waals surface area (Å²) in [5.74, 6) is -1.11. The number of rotatable bonds is 5. The molecule has 1 heterocycles. The summed E-state index contributed by atoms with van der Waals surface area (Å²) < 4.78 is 0. The van der Waals surface area contributed by atoms with E-state index in [1.807, 2.05) is 0 Å². The van der Waals surface area contributed by atoms with Crippen molar-refractivity contribution in [1.29, 1.82) is 5.41 Å². The molecule has 88 valence electrons. The summed E-state index contributed by atoms with van der Waals surface area (Å²) in [6.07, 6.45) is 0.975. The third-order valence-corrected chi connectivity index (χ3v) is 1.57. The molecule has 1 fully saturated rings. The largest absolute Gasteiger partial charge is 0.480 e. The topological polar surface area (TPSA) is 147 Å². The Morgan fingerprint density at radius 2 is 2.13 bits per heavy atom. The molecule has 0 saturated carbocycles. The van der Waals surface area contributed by atoms with Crippen molar-refractivity contribution in [2.45, 2.75) is 18.9 Å². The molecule has 0 bridgehead atoms. The van der Waals surface area contributed by atoms with Gasteiger partial charge in [0.05, 0.1) is 0 Å². The number of carbonyl (C=O) groups is 1. The van der Waals surface area contributed by atoms with Gasteiger partial charge in [-0.3, -0.25) is 10.2 Å². The molecule has 1 atom stereocenters. The zero-order chi connectivity index (χ0) is 11.7. The van der Waals surface area contributed by atoms with Crippen LogP contribution < -0.4 is 22.1 Å². The Morgan fingerprint density at radius 3 is 2.47 bits per heavy atom. The lowest BCUT2D eigenvalue weighted by Gasteiger charge is -2.06. The second-order valence-electron chi connectivity index (χ2n) is 3.18.